The third-order valence-electron chi connectivity index (χ3n) is 2.36. The van der Waals surface area contributed by atoms with Gasteiger partial charge in [-0.05, 0) is 11.7 Å². The van der Waals surface area contributed by atoms with Crippen LogP contribution in [-0.2, 0) is 4.79 Å². The van der Waals surface area contributed by atoms with E-state index in [0.717, 1.165) is 18.6 Å². The molecular formula is C11H22O4S. The minimum absolute atomic E-state index is 0.234. The van der Waals surface area contributed by atoms with E-state index in [2.05, 4.69) is 13.8 Å². The van der Waals surface area contributed by atoms with Gasteiger partial charge in [-0.15, -0.1) is 0 Å². The number of carbonyl (C=O) groups is 1. The summed E-state index contributed by atoms with van der Waals surface area (Å²) in [6, 6.07) is 0. The standard InChI is InChI=1S/C11H22O4S/c1-3-4-8(2)6-16-7-10(14)11(15)9(13)5-12/h5,8-11,13-15H,3-4,6-7H2,1-2H3/t8?,9-,10+,11-/m0/s1. The monoisotopic (exact) mass is 250 g/mol. The first kappa shape index (κ1) is 15.9. The van der Waals surface area contributed by atoms with Gasteiger partial charge in [0, 0.05) is 5.75 Å². The highest BCUT2D eigenvalue weighted by molar-refractivity contribution is 7.99. The molecule has 0 rings (SSSR count). The van der Waals surface area contributed by atoms with Gasteiger partial charge in [0.15, 0.2) is 6.29 Å². The normalized spacial score (nSPS) is 18.8. The molecule has 0 spiro atoms. The molecule has 0 fully saturated rings. The summed E-state index contributed by atoms with van der Waals surface area (Å²) in [7, 11) is 0. The van der Waals surface area contributed by atoms with Crippen molar-refractivity contribution in [3.05, 3.63) is 0 Å². The van der Waals surface area contributed by atoms with Crippen molar-refractivity contribution in [2.45, 2.75) is 45.0 Å². The highest BCUT2D eigenvalue weighted by atomic mass is 32.2. The Morgan fingerprint density at radius 2 is 1.88 bits per heavy atom. The number of aldehydes is 1. The van der Waals surface area contributed by atoms with Crippen LogP contribution in [0, 0.1) is 5.92 Å². The second kappa shape index (κ2) is 8.98. The second-order valence-electron chi connectivity index (χ2n) is 4.12. The Kier molecular flexibility index (Phi) is 8.93. The maximum Gasteiger partial charge on any atom is 0.151 e. The Bertz CT molecular complexity index is 189. The number of hydrogen-bond acceptors (Lipinski definition) is 5. The fraction of sp³-hybridized carbons (Fsp3) is 0.909. The first-order valence-electron chi connectivity index (χ1n) is 5.60. The van der Waals surface area contributed by atoms with E-state index in [1.54, 1.807) is 0 Å². The number of aliphatic hydroxyl groups excluding tert-OH is 3. The quantitative estimate of drug-likeness (QED) is 0.518. The average molecular weight is 250 g/mol. The van der Waals surface area contributed by atoms with E-state index < -0.39 is 18.3 Å². The molecule has 0 heterocycles. The van der Waals surface area contributed by atoms with E-state index in [1.165, 1.54) is 11.8 Å². The Hall–Kier alpha value is -0.100. The van der Waals surface area contributed by atoms with Gasteiger partial charge in [-0.1, -0.05) is 26.7 Å². The minimum Gasteiger partial charge on any atom is -0.389 e. The highest BCUT2D eigenvalue weighted by Gasteiger charge is 2.23. The van der Waals surface area contributed by atoms with E-state index in [4.69, 9.17) is 5.11 Å². The molecule has 0 saturated carbocycles. The molecule has 0 saturated heterocycles. The molecule has 96 valence electrons. The third-order valence-corrected chi connectivity index (χ3v) is 3.74. The lowest BCUT2D eigenvalue weighted by atomic mass is 10.1. The molecule has 0 aliphatic carbocycles. The van der Waals surface area contributed by atoms with Crippen LogP contribution in [0.1, 0.15) is 26.7 Å². The smallest absolute Gasteiger partial charge is 0.151 e. The number of thioether (sulfide) groups is 1. The van der Waals surface area contributed by atoms with Crippen molar-refractivity contribution in [1.82, 2.24) is 0 Å². The zero-order valence-electron chi connectivity index (χ0n) is 9.87. The van der Waals surface area contributed by atoms with E-state index >= 15 is 0 Å². The van der Waals surface area contributed by atoms with Crippen LogP contribution in [0.3, 0.4) is 0 Å². The molecule has 0 amide bonds. The SMILES string of the molecule is CCCC(C)CSC[C@@H](O)[C@@H](O)[C@@H](O)C=O. The maximum absolute atomic E-state index is 10.2. The van der Waals surface area contributed by atoms with E-state index in [0.29, 0.717) is 11.7 Å². The number of aliphatic hydroxyl groups is 3. The molecule has 0 aromatic carbocycles. The minimum atomic E-state index is -1.50. The molecule has 0 aliphatic heterocycles. The molecule has 1 unspecified atom stereocenters. The molecule has 0 bridgehead atoms. The largest absolute Gasteiger partial charge is 0.389 e. The molecule has 4 atom stereocenters. The van der Waals surface area contributed by atoms with Gasteiger partial charge in [0.2, 0.25) is 0 Å². The van der Waals surface area contributed by atoms with Gasteiger partial charge in [0.05, 0.1) is 6.10 Å². The van der Waals surface area contributed by atoms with Crippen molar-refractivity contribution in [2.75, 3.05) is 11.5 Å². The lowest BCUT2D eigenvalue weighted by Gasteiger charge is -2.19. The topological polar surface area (TPSA) is 77.8 Å². The zero-order chi connectivity index (χ0) is 12.6. The van der Waals surface area contributed by atoms with E-state index in [-0.39, 0.29) is 6.29 Å². The van der Waals surface area contributed by atoms with Crippen molar-refractivity contribution in [3.8, 4) is 0 Å². The second-order valence-corrected chi connectivity index (χ2v) is 5.19. The predicted octanol–water partition coefficient (Wildman–Crippen LogP) is 0.437. The molecule has 3 N–H and O–H groups in total. The summed E-state index contributed by atoms with van der Waals surface area (Å²) in [5.74, 6) is 1.82. The summed E-state index contributed by atoms with van der Waals surface area (Å²) >= 11 is 1.53. The summed E-state index contributed by atoms with van der Waals surface area (Å²) in [5, 5.41) is 27.8. The molecule has 5 heteroatoms. The molecule has 0 aliphatic rings. The molecule has 0 radical (unpaired) electrons. The third kappa shape index (κ3) is 6.48. The van der Waals surface area contributed by atoms with Crippen molar-refractivity contribution >= 4 is 18.0 Å². The van der Waals surface area contributed by atoms with Crippen LogP contribution in [0.25, 0.3) is 0 Å². The Morgan fingerprint density at radius 1 is 1.25 bits per heavy atom. The van der Waals surface area contributed by atoms with Crippen LogP contribution in [-0.4, -0.2) is 51.4 Å². The van der Waals surface area contributed by atoms with Crippen LogP contribution in [0.4, 0.5) is 0 Å². The van der Waals surface area contributed by atoms with Gasteiger partial charge in [-0.3, -0.25) is 0 Å². The summed E-state index contributed by atoms with van der Waals surface area (Å²) in [6.45, 7) is 4.26. The summed E-state index contributed by atoms with van der Waals surface area (Å²) in [4.78, 5) is 10.2. The molecular weight excluding hydrogens is 228 g/mol. The first-order valence-corrected chi connectivity index (χ1v) is 6.75. The number of hydrogen-bond donors (Lipinski definition) is 3. The van der Waals surface area contributed by atoms with Crippen molar-refractivity contribution in [2.24, 2.45) is 5.92 Å². The van der Waals surface area contributed by atoms with Gasteiger partial charge in [0.1, 0.15) is 12.2 Å². The first-order chi connectivity index (χ1) is 7.52. The average Bonchev–Trinajstić information content (AvgIpc) is 2.27. The molecule has 0 aromatic heterocycles. The maximum atomic E-state index is 10.2. The molecule has 16 heavy (non-hydrogen) atoms. The lowest BCUT2D eigenvalue weighted by Crippen LogP contribution is -2.39. The predicted molar refractivity (Wildman–Crippen MR) is 65.5 cm³/mol. The van der Waals surface area contributed by atoms with Crippen LogP contribution in [0.2, 0.25) is 0 Å². The highest BCUT2D eigenvalue weighted by Crippen LogP contribution is 2.15. The molecule has 0 aromatic rings. The fourth-order valence-electron chi connectivity index (χ4n) is 1.37. The van der Waals surface area contributed by atoms with Gasteiger partial charge in [0.25, 0.3) is 0 Å². The van der Waals surface area contributed by atoms with Crippen LogP contribution >= 0.6 is 11.8 Å². The van der Waals surface area contributed by atoms with E-state index in [1.807, 2.05) is 0 Å². The number of carbonyl (C=O) groups excluding carboxylic acids is 1. The summed E-state index contributed by atoms with van der Waals surface area (Å²) in [5.41, 5.74) is 0. The fourth-order valence-corrected chi connectivity index (χ4v) is 2.52. The van der Waals surface area contributed by atoms with Crippen molar-refractivity contribution < 1.29 is 20.1 Å². The van der Waals surface area contributed by atoms with Gasteiger partial charge >= 0.3 is 0 Å². The van der Waals surface area contributed by atoms with E-state index in [9.17, 15) is 15.0 Å². The lowest BCUT2D eigenvalue weighted by molar-refractivity contribution is -0.124. The van der Waals surface area contributed by atoms with Gasteiger partial charge < -0.3 is 20.1 Å². The van der Waals surface area contributed by atoms with Crippen molar-refractivity contribution in [3.63, 3.8) is 0 Å². The van der Waals surface area contributed by atoms with Crippen LogP contribution in [0.15, 0.2) is 0 Å². The zero-order valence-corrected chi connectivity index (χ0v) is 10.7. The summed E-state index contributed by atoms with van der Waals surface area (Å²) < 4.78 is 0. The van der Waals surface area contributed by atoms with Gasteiger partial charge in [-0.25, -0.2) is 0 Å². The Balaban J connectivity index is 3.71. The Labute approximate surface area is 101 Å². The van der Waals surface area contributed by atoms with Crippen LogP contribution in [0.5, 0.6) is 0 Å². The number of rotatable bonds is 9. The van der Waals surface area contributed by atoms with Crippen LogP contribution < -0.4 is 0 Å². The van der Waals surface area contributed by atoms with Crippen molar-refractivity contribution in [1.29, 1.82) is 0 Å². The van der Waals surface area contributed by atoms with Gasteiger partial charge in [-0.2, -0.15) is 11.8 Å². The Morgan fingerprint density at radius 3 is 2.38 bits per heavy atom. The summed E-state index contributed by atoms with van der Waals surface area (Å²) in [6.07, 6.45) is -1.42. The molecule has 4 nitrogen and oxygen atoms in total.